The highest BCUT2D eigenvalue weighted by Crippen LogP contribution is 2.19. The van der Waals surface area contributed by atoms with Crippen molar-refractivity contribution in [1.82, 2.24) is 0 Å². The third-order valence-electron chi connectivity index (χ3n) is 2.11. The van der Waals surface area contributed by atoms with Gasteiger partial charge in [-0.15, -0.1) is 0 Å². The Hall–Kier alpha value is -1.10. The number of primary amides is 1. The molecule has 0 saturated carbocycles. The minimum atomic E-state index is -0.708. The summed E-state index contributed by atoms with van der Waals surface area (Å²) in [6, 6.07) is 0. The number of methoxy groups -OCH3 is 1. The summed E-state index contributed by atoms with van der Waals surface area (Å²) in [7, 11) is 1.30. The molecule has 0 heterocycles. The van der Waals surface area contributed by atoms with E-state index in [1.54, 1.807) is 13.8 Å². The fraction of sp³-hybridized carbons (Fsp3) is 0.778. The van der Waals surface area contributed by atoms with Gasteiger partial charge in [-0.2, -0.15) is 0 Å². The van der Waals surface area contributed by atoms with Crippen molar-refractivity contribution in [3.05, 3.63) is 0 Å². The molecule has 0 aromatic carbocycles. The van der Waals surface area contributed by atoms with E-state index in [0.717, 1.165) is 0 Å². The normalized spacial score (nSPS) is 13.4. The number of esters is 1. The predicted molar refractivity (Wildman–Crippen MR) is 52.2 cm³/mol. The Balaban J connectivity index is 4.26. The highest BCUT2D eigenvalue weighted by molar-refractivity contribution is 5.79. The van der Waals surface area contributed by atoms with Crippen LogP contribution in [0.5, 0.6) is 0 Å². The van der Waals surface area contributed by atoms with Crippen molar-refractivity contribution in [1.29, 1.82) is 0 Å². The SMILES string of the molecule is COC(=O)CCC(C(N)=O)C(C)(C)N. The third-order valence-corrected chi connectivity index (χ3v) is 2.11. The highest BCUT2D eigenvalue weighted by atomic mass is 16.5. The third kappa shape index (κ3) is 4.23. The van der Waals surface area contributed by atoms with Crippen LogP contribution in [0.15, 0.2) is 0 Å². The maximum Gasteiger partial charge on any atom is 0.305 e. The van der Waals surface area contributed by atoms with Gasteiger partial charge in [-0.3, -0.25) is 9.59 Å². The smallest absolute Gasteiger partial charge is 0.305 e. The summed E-state index contributed by atoms with van der Waals surface area (Å²) in [6.07, 6.45) is 0.482. The molecule has 1 amide bonds. The number of hydrogen-bond acceptors (Lipinski definition) is 4. The largest absolute Gasteiger partial charge is 0.469 e. The van der Waals surface area contributed by atoms with Gasteiger partial charge < -0.3 is 16.2 Å². The minimum Gasteiger partial charge on any atom is -0.469 e. The lowest BCUT2D eigenvalue weighted by Crippen LogP contribution is -2.47. The Kier molecular flexibility index (Phi) is 4.56. The number of amides is 1. The first-order valence-electron chi connectivity index (χ1n) is 4.44. The first-order chi connectivity index (χ1) is 6.29. The summed E-state index contributed by atoms with van der Waals surface area (Å²) < 4.78 is 4.46. The standard InChI is InChI=1S/C9H18N2O3/c1-9(2,11)6(8(10)13)4-5-7(12)14-3/h6H,4-5,11H2,1-3H3,(H2,10,13). The average molecular weight is 202 g/mol. The number of rotatable bonds is 5. The van der Waals surface area contributed by atoms with Gasteiger partial charge >= 0.3 is 5.97 Å². The van der Waals surface area contributed by atoms with E-state index in [1.807, 2.05) is 0 Å². The van der Waals surface area contributed by atoms with Crippen LogP contribution in [0.2, 0.25) is 0 Å². The van der Waals surface area contributed by atoms with Crippen molar-refractivity contribution < 1.29 is 14.3 Å². The van der Waals surface area contributed by atoms with Crippen molar-refractivity contribution in [2.75, 3.05) is 7.11 Å². The first kappa shape index (κ1) is 12.9. The molecule has 0 saturated heterocycles. The number of hydrogen-bond donors (Lipinski definition) is 2. The van der Waals surface area contributed by atoms with Crippen LogP contribution in [0, 0.1) is 5.92 Å². The predicted octanol–water partition coefficient (Wildman–Crippen LogP) is -0.222. The molecule has 0 spiro atoms. The van der Waals surface area contributed by atoms with Gasteiger partial charge in [0, 0.05) is 12.0 Å². The number of ether oxygens (including phenoxy) is 1. The molecule has 0 aliphatic rings. The molecule has 0 aromatic rings. The molecule has 0 aliphatic heterocycles. The summed E-state index contributed by atoms with van der Waals surface area (Å²) in [5, 5.41) is 0. The lowest BCUT2D eigenvalue weighted by atomic mass is 9.84. The molecule has 82 valence electrons. The molecule has 1 atom stereocenters. The molecule has 5 heteroatoms. The van der Waals surface area contributed by atoms with Crippen molar-refractivity contribution in [2.24, 2.45) is 17.4 Å². The van der Waals surface area contributed by atoms with E-state index in [2.05, 4.69) is 4.74 Å². The number of nitrogens with two attached hydrogens (primary N) is 2. The van der Waals surface area contributed by atoms with Gasteiger partial charge in [0.2, 0.25) is 5.91 Å². The zero-order valence-electron chi connectivity index (χ0n) is 8.87. The number of carbonyl (C=O) groups is 2. The van der Waals surface area contributed by atoms with E-state index < -0.39 is 17.4 Å². The quantitative estimate of drug-likeness (QED) is 0.602. The topological polar surface area (TPSA) is 95.4 Å². The summed E-state index contributed by atoms with van der Waals surface area (Å²) in [5.41, 5.74) is 10.2. The van der Waals surface area contributed by atoms with Crippen LogP contribution < -0.4 is 11.5 Å². The lowest BCUT2D eigenvalue weighted by molar-refractivity contribution is -0.141. The van der Waals surface area contributed by atoms with E-state index >= 15 is 0 Å². The van der Waals surface area contributed by atoms with Crippen molar-refractivity contribution in [2.45, 2.75) is 32.2 Å². The second-order valence-electron chi connectivity index (χ2n) is 3.89. The molecule has 1 unspecified atom stereocenters. The summed E-state index contributed by atoms with van der Waals surface area (Å²) in [5.74, 6) is -1.36. The van der Waals surface area contributed by atoms with Crippen LogP contribution in [0.3, 0.4) is 0 Å². The van der Waals surface area contributed by atoms with E-state index in [0.29, 0.717) is 6.42 Å². The van der Waals surface area contributed by atoms with Gasteiger partial charge in [-0.25, -0.2) is 0 Å². The monoisotopic (exact) mass is 202 g/mol. The molecular weight excluding hydrogens is 184 g/mol. The Morgan fingerprint density at radius 3 is 2.21 bits per heavy atom. The van der Waals surface area contributed by atoms with Crippen LogP contribution in [0.1, 0.15) is 26.7 Å². The minimum absolute atomic E-state index is 0.157. The van der Waals surface area contributed by atoms with Gasteiger partial charge in [0.25, 0.3) is 0 Å². The fourth-order valence-corrected chi connectivity index (χ4v) is 1.25. The first-order valence-corrected chi connectivity index (χ1v) is 4.44. The van der Waals surface area contributed by atoms with Gasteiger partial charge in [-0.05, 0) is 20.3 Å². The molecule has 0 bridgehead atoms. The van der Waals surface area contributed by atoms with E-state index in [1.165, 1.54) is 7.11 Å². The number of carbonyl (C=O) groups excluding carboxylic acids is 2. The molecule has 0 aromatic heterocycles. The second-order valence-corrected chi connectivity index (χ2v) is 3.89. The van der Waals surface area contributed by atoms with Crippen LogP contribution in [-0.4, -0.2) is 24.5 Å². The van der Waals surface area contributed by atoms with Crippen LogP contribution in [-0.2, 0) is 14.3 Å². The highest BCUT2D eigenvalue weighted by Gasteiger charge is 2.30. The zero-order valence-corrected chi connectivity index (χ0v) is 8.87. The molecule has 0 aliphatic carbocycles. The summed E-state index contributed by atoms with van der Waals surface area (Å²) in [6.45, 7) is 3.42. The molecular formula is C9H18N2O3. The van der Waals surface area contributed by atoms with Crippen molar-refractivity contribution in [3.63, 3.8) is 0 Å². The Bertz CT molecular complexity index is 221. The van der Waals surface area contributed by atoms with Gasteiger partial charge in [0.05, 0.1) is 13.0 Å². The summed E-state index contributed by atoms with van der Waals surface area (Å²) >= 11 is 0. The van der Waals surface area contributed by atoms with Gasteiger partial charge in [0.15, 0.2) is 0 Å². The summed E-state index contributed by atoms with van der Waals surface area (Å²) in [4.78, 5) is 21.9. The molecule has 14 heavy (non-hydrogen) atoms. The van der Waals surface area contributed by atoms with Crippen molar-refractivity contribution in [3.8, 4) is 0 Å². The maximum absolute atomic E-state index is 11.0. The van der Waals surface area contributed by atoms with E-state index in [-0.39, 0.29) is 12.4 Å². The van der Waals surface area contributed by atoms with Crippen LogP contribution >= 0.6 is 0 Å². The second kappa shape index (κ2) is 4.95. The van der Waals surface area contributed by atoms with Gasteiger partial charge in [-0.1, -0.05) is 0 Å². The molecule has 4 N–H and O–H groups in total. The lowest BCUT2D eigenvalue weighted by Gasteiger charge is -2.27. The fourth-order valence-electron chi connectivity index (χ4n) is 1.25. The molecule has 5 nitrogen and oxygen atoms in total. The van der Waals surface area contributed by atoms with Crippen LogP contribution in [0.4, 0.5) is 0 Å². The molecule has 0 radical (unpaired) electrons. The Labute approximate surface area is 83.8 Å². The molecule has 0 rings (SSSR count). The van der Waals surface area contributed by atoms with Crippen molar-refractivity contribution >= 4 is 11.9 Å². The van der Waals surface area contributed by atoms with E-state index in [4.69, 9.17) is 11.5 Å². The Morgan fingerprint density at radius 2 is 1.93 bits per heavy atom. The average Bonchev–Trinajstić information content (AvgIpc) is 2.01. The van der Waals surface area contributed by atoms with E-state index in [9.17, 15) is 9.59 Å². The molecule has 0 fully saturated rings. The zero-order chi connectivity index (χ0) is 11.4. The maximum atomic E-state index is 11.0. The Morgan fingerprint density at radius 1 is 1.43 bits per heavy atom. The van der Waals surface area contributed by atoms with Gasteiger partial charge in [0.1, 0.15) is 0 Å². The van der Waals surface area contributed by atoms with Crippen LogP contribution in [0.25, 0.3) is 0 Å².